The summed E-state index contributed by atoms with van der Waals surface area (Å²) < 4.78 is 15.1. The van der Waals surface area contributed by atoms with Gasteiger partial charge in [-0.25, -0.2) is 9.78 Å². The van der Waals surface area contributed by atoms with Gasteiger partial charge in [-0.1, -0.05) is 31.0 Å². The van der Waals surface area contributed by atoms with Gasteiger partial charge in [-0.3, -0.25) is 19.1 Å². The zero-order valence-corrected chi connectivity index (χ0v) is 18.2. The van der Waals surface area contributed by atoms with Crippen molar-refractivity contribution in [2.24, 2.45) is 0 Å². The van der Waals surface area contributed by atoms with E-state index in [-0.39, 0.29) is 23.7 Å². The van der Waals surface area contributed by atoms with Crippen LogP contribution in [0, 0.1) is 19.8 Å². The van der Waals surface area contributed by atoms with Crippen LogP contribution in [0.2, 0.25) is 0 Å². The highest BCUT2D eigenvalue weighted by molar-refractivity contribution is 6.09. The number of aryl methyl sites for hydroxylation is 2. The van der Waals surface area contributed by atoms with Crippen molar-refractivity contribution in [1.82, 2.24) is 14.5 Å². The fourth-order valence-corrected chi connectivity index (χ4v) is 3.71. The van der Waals surface area contributed by atoms with E-state index < -0.39 is 23.0 Å². The van der Waals surface area contributed by atoms with E-state index in [1.54, 1.807) is 39.1 Å². The number of aromatic amines is 1. The smallest absolute Gasteiger partial charge is 0.329 e. The van der Waals surface area contributed by atoms with Crippen LogP contribution in [0.4, 0.5) is 10.2 Å². The summed E-state index contributed by atoms with van der Waals surface area (Å²) >= 11 is 0. The Kier molecular flexibility index (Phi) is 6.19. The van der Waals surface area contributed by atoms with E-state index in [0.717, 1.165) is 11.1 Å². The largest absolute Gasteiger partial charge is 0.373 e. The molecule has 0 aliphatic heterocycles. The van der Waals surface area contributed by atoms with E-state index >= 15 is 0 Å². The number of carbonyl (C=O) groups excluding carboxylic acids is 1. The zero-order valence-electron chi connectivity index (χ0n) is 18.2. The van der Waals surface area contributed by atoms with Gasteiger partial charge < -0.3 is 5.32 Å². The number of aromatic nitrogens is 3. The lowest BCUT2D eigenvalue weighted by atomic mass is 9.95. The molecule has 0 saturated carbocycles. The van der Waals surface area contributed by atoms with E-state index in [4.69, 9.17) is 0 Å². The van der Waals surface area contributed by atoms with Crippen LogP contribution in [-0.2, 0) is 6.54 Å². The van der Waals surface area contributed by atoms with Crippen LogP contribution >= 0.6 is 0 Å². The first-order valence-electron chi connectivity index (χ1n) is 9.95. The lowest BCUT2D eigenvalue weighted by molar-refractivity contribution is 0.102. The fourth-order valence-electron chi connectivity index (χ4n) is 3.71. The number of nitrogens with zero attached hydrogens (tertiary/aromatic N) is 2. The van der Waals surface area contributed by atoms with E-state index in [9.17, 15) is 18.8 Å². The summed E-state index contributed by atoms with van der Waals surface area (Å²) in [5, 5.41) is 2.76. The van der Waals surface area contributed by atoms with Crippen molar-refractivity contribution in [1.29, 1.82) is 0 Å². The Balaban J connectivity index is 2.28. The number of benzene rings is 1. The molecule has 0 amide bonds. The van der Waals surface area contributed by atoms with Crippen LogP contribution in [0.3, 0.4) is 0 Å². The van der Waals surface area contributed by atoms with Gasteiger partial charge in [-0.15, -0.1) is 0 Å². The Labute approximate surface area is 179 Å². The molecule has 2 aromatic heterocycles. The van der Waals surface area contributed by atoms with Crippen molar-refractivity contribution in [2.45, 2.75) is 40.2 Å². The summed E-state index contributed by atoms with van der Waals surface area (Å²) in [6.07, 6.45) is 0. The van der Waals surface area contributed by atoms with Crippen molar-refractivity contribution in [3.63, 3.8) is 0 Å². The Morgan fingerprint density at radius 1 is 1.13 bits per heavy atom. The Bertz CT molecular complexity index is 1250. The molecule has 0 aliphatic carbocycles. The molecule has 2 N–H and O–H groups in total. The standard InChI is InChI=1S/C23H25FN4O3/c1-12(2)19-20(21(29)16-7-13(3)6-14(4)8-16)28(23(31)27-22(19)30)11-15-9-17(24)26-18(10-15)25-5/h6-10,12H,11H2,1-5H3,(H,25,26)(H,27,30,31). The van der Waals surface area contributed by atoms with Gasteiger partial charge in [0.25, 0.3) is 5.56 Å². The van der Waals surface area contributed by atoms with Crippen molar-refractivity contribution in [2.75, 3.05) is 12.4 Å². The molecule has 1 aromatic carbocycles. The minimum absolute atomic E-state index is 0.0111. The minimum Gasteiger partial charge on any atom is -0.373 e. The van der Waals surface area contributed by atoms with Crippen molar-refractivity contribution in [3.8, 4) is 0 Å². The minimum atomic E-state index is -0.731. The van der Waals surface area contributed by atoms with Gasteiger partial charge in [0.15, 0.2) is 0 Å². The third-order valence-electron chi connectivity index (χ3n) is 4.96. The van der Waals surface area contributed by atoms with Gasteiger partial charge >= 0.3 is 5.69 Å². The molecule has 162 valence electrons. The first-order valence-corrected chi connectivity index (χ1v) is 9.95. The third-order valence-corrected chi connectivity index (χ3v) is 4.96. The Hall–Kier alpha value is -3.55. The molecule has 3 aromatic rings. The zero-order chi connectivity index (χ0) is 22.9. The van der Waals surface area contributed by atoms with Crippen molar-refractivity contribution < 1.29 is 9.18 Å². The van der Waals surface area contributed by atoms with Crippen LogP contribution in [0.1, 0.15) is 58.1 Å². The molecule has 0 atom stereocenters. The van der Waals surface area contributed by atoms with Crippen LogP contribution < -0.4 is 16.6 Å². The van der Waals surface area contributed by atoms with Crippen molar-refractivity contribution in [3.05, 3.63) is 90.6 Å². The first kappa shape index (κ1) is 22.1. The predicted molar refractivity (Wildman–Crippen MR) is 118 cm³/mol. The van der Waals surface area contributed by atoms with Gasteiger partial charge in [0, 0.05) is 18.2 Å². The lowest BCUT2D eigenvalue weighted by Crippen LogP contribution is -2.38. The van der Waals surface area contributed by atoms with E-state index in [2.05, 4.69) is 15.3 Å². The molecule has 0 radical (unpaired) electrons. The second kappa shape index (κ2) is 8.67. The highest BCUT2D eigenvalue weighted by atomic mass is 19.1. The number of halogens is 1. The fraction of sp³-hybridized carbons (Fsp3) is 0.304. The molecule has 31 heavy (non-hydrogen) atoms. The summed E-state index contributed by atoms with van der Waals surface area (Å²) in [6.45, 7) is 7.20. The maximum atomic E-state index is 13.9. The predicted octanol–water partition coefficient (Wildman–Crippen LogP) is 3.13. The summed E-state index contributed by atoms with van der Waals surface area (Å²) in [5.74, 6) is -1.17. The summed E-state index contributed by atoms with van der Waals surface area (Å²) in [4.78, 5) is 45.0. The van der Waals surface area contributed by atoms with Gasteiger partial charge in [0.2, 0.25) is 11.7 Å². The molecular formula is C23H25FN4O3. The van der Waals surface area contributed by atoms with Crippen LogP contribution in [-0.4, -0.2) is 27.4 Å². The number of nitrogens with one attached hydrogen (secondary N) is 2. The van der Waals surface area contributed by atoms with Gasteiger partial charge in [-0.2, -0.15) is 4.39 Å². The Morgan fingerprint density at radius 3 is 2.35 bits per heavy atom. The molecule has 7 nitrogen and oxygen atoms in total. The number of rotatable bonds is 6. The van der Waals surface area contributed by atoms with Crippen LogP contribution in [0.5, 0.6) is 0 Å². The lowest BCUT2D eigenvalue weighted by Gasteiger charge is -2.18. The average molecular weight is 424 g/mol. The molecule has 0 bridgehead atoms. The van der Waals surface area contributed by atoms with Gasteiger partial charge in [-0.05, 0) is 49.6 Å². The summed E-state index contributed by atoms with van der Waals surface area (Å²) in [6, 6.07) is 8.16. The highest BCUT2D eigenvalue weighted by Gasteiger charge is 2.25. The molecule has 0 spiro atoms. The average Bonchev–Trinajstić information content (AvgIpc) is 2.67. The summed E-state index contributed by atoms with van der Waals surface area (Å²) in [7, 11) is 1.60. The van der Waals surface area contributed by atoms with Gasteiger partial charge in [0.1, 0.15) is 11.5 Å². The van der Waals surface area contributed by atoms with E-state index in [1.807, 2.05) is 19.9 Å². The molecule has 0 unspecified atom stereocenters. The number of anilines is 1. The highest BCUT2D eigenvalue weighted by Crippen LogP contribution is 2.21. The SMILES string of the molecule is CNc1cc(Cn2c(C(=O)c3cc(C)cc(C)c3)c(C(C)C)c(=O)[nH]c2=O)cc(F)n1. The normalized spacial score (nSPS) is 11.1. The monoisotopic (exact) mass is 424 g/mol. The van der Waals surface area contributed by atoms with Gasteiger partial charge in [0.05, 0.1) is 6.54 Å². The molecule has 0 aliphatic rings. The Morgan fingerprint density at radius 2 is 1.77 bits per heavy atom. The third kappa shape index (κ3) is 4.63. The number of carbonyl (C=O) groups is 1. The second-order valence-electron chi connectivity index (χ2n) is 7.90. The second-order valence-corrected chi connectivity index (χ2v) is 7.90. The molecule has 2 heterocycles. The molecule has 3 rings (SSSR count). The maximum Gasteiger partial charge on any atom is 0.329 e. The molecule has 0 fully saturated rings. The molecular weight excluding hydrogens is 399 g/mol. The number of hydrogen-bond acceptors (Lipinski definition) is 5. The first-order chi connectivity index (χ1) is 14.6. The van der Waals surface area contributed by atoms with Crippen molar-refractivity contribution >= 4 is 11.6 Å². The quantitative estimate of drug-likeness (QED) is 0.468. The summed E-state index contributed by atoms with van der Waals surface area (Å²) in [5.41, 5.74) is 1.49. The maximum absolute atomic E-state index is 13.9. The number of pyridine rings is 1. The van der Waals surface area contributed by atoms with Crippen LogP contribution in [0.25, 0.3) is 0 Å². The van der Waals surface area contributed by atoms with E-state index in [1.165, 1.54) is 10.6 Å². The number of hydrogen-bond donors (Lipinski definition) is 2. The molecule has 8 heteroatoms. The molecule has 0 saturated heterocycles. The number of ketones is 1. The topological polar surface area (TPSA) is 96.9 Å². The van der Waals surface area contributed by atoms with E-state index in [0.29, 0.717) is 16.9 Å². The van der Waals surface area contributed by atoms with Crippen LogP contribution in [0.15, 0.2) is 39.9 Å². The number of H-pyrrole nitrogens is 1.